The Morgan fingerprint density at radius 1 is 0.871 bits per heavy atom. The van der Waals surface area contributed by atoms with E-state index in [-0.39, 0.29) is 11.9 Å². The fourth-order valence-corrected chi connectivity index (χ4v) is 4.35. The van der Waals surface area contributed by atoms with Crippen LogP contribution in [0.2, 0.25) is 0 Å². The quantitative estimate of drug-likeness (QED) is 0.476. The van der Waals surface area contributed by atoms with Crippen LogP contribution in [0.1, 0.15) is 44.3 Å². The molecule has 1 unspecified atom stereocenters. The fraction of sp³-hybridized carbons (Fsp3) is 0.185. The molecule has 1 aliphatic heterocycles. The number of carbonyl (C=O) groups excluding carboxylic acids is 1. The van der Waals surface area contributed by atoms with E-state index in [0.29, 0.717) is 12.2 Å². The standard InChI is InChI=1S/C27H25N3O/c1-18-8-12-21(13-9-18)24-23-25(29-28-24)27(31)30(17-16-20-6-4-3-5-7-20)26(23)22-14-10-19(2)11-15-22/h3-15,26H,16-17H2,1-2H3,(H,28,29). The van der Waals surface area contributed by atoms with Gasteiger partial charge in [-0.15, -0.1) is 0 Å². The number of fused-ring (bicyclic) bond motifs is 1. The lowest BCUT2D eigenvalue weighted by atomic mass is 9.95. The molecule has 4 heteroatoms. The zero-order chi connectivity index (χ0) is 21.4. The molecule has 1 N–H and O–H groups in total. The first-order chi connectivity index (χ1) is 15.1. The largest absolute Gasteiger partial charge is 0.326 e. The molecule has 1 atom stereocenters. The normalized spacial score (nSPS) is 15.4. The Labute approximate surface area is 182 Å². The minimum atomic E-state index is -0.151. The van der Waals surface area contributed by atoms with Crippen molar-refractivity contribution in [3.63, 3.8) is 0 Å². The Morgan fingerprint density at radius 3 is 2.19 bits per heavy atom. The summed E-state index contributed by atoms with van der Waals surface area (Å²) in [5.74, 6) is 0.0161. The van der Waals surface area contributed by atoms with Crippen molar-refractivity contribution in [3.05, 3.63) is 112 Å². The summed E-state index contributed by atoms with van der Waals surface area (Å²) in [4.78, 5) is 15.4. The van der Waals surface area contributed by atoms with Crippen LogP contribution < -0.4 is 0 Å². The maximum Gasteiger partial charge on any atom is 0.273 e. The van der Waals surface area contributed by atoms with Gasteiger partial charge in [-0.3, -0.25) is 9.89 Å². The van der Waals surface area contributed by atoms with E-state index >= 15 is 0 Å². The minimum absolute atomic E-state index is 0.0161. The van der Waals surface area contributed by atoms with Crippen molar-refractivity contribution in [2.75, 3.05) is 6.54 Å². The Kier molecular flexibility index (Phi) is 4.91. The molecule has 0 saturated heterocycles. The Hall–Kier alpha value is -3.66. The minimum Gasteiger partial charge on any atom is -0.326 e. The number of aromatic amines is 1. The summed E-state index contributed by atoms with van der Waals surface area (Å²) < 4.78 is 0. The zero-order valence-corrected chi connectivity index (χ0v) is 17.8. The van der Waals surface area contributed by atoms with Gasteiger partial charge in [-0.25, -0.2) is 0 Å². The predicted octanol–water partition coefficient (Wildman–Crippen LogP) is 5.48. The number of nitrogens with one attached hydrogen (secondary N) is 1. The van der Waals surface area contributed by atoms with Crippen LogP contribution in [-0.2, 0) is 6.42 Å². The van der Waals surface area contributed by atoms with E-state index in [9.17, 15) is 4.79 Å². The van der Waals surface area contributed by atoms with Gasteiger partial charge in [0.25, 0.3) is 5.91 Å². The SMILES string of the molecule is Cc1ccc(-c2n[nH]c3c2C(c2ccc(C)cc2)N(CCc2ccccc2)C3=O)cc1. The van der Waals surface area contributed by atoms with Crippen LogP contribution in [0.4, 0.5) is 0 Å². The van der Waals surface area contributed by atoms with Gasteiger partial charge in [0.2, 0.25) is 0 Å². The van der Waals surface area contributed by atoms with Crippen molar-refractivity contribution in [1.29, 1.82) is 0 Å². The first-order valence-corrected chi connectivity index (χ1v) is 10.7. The van der Waals surface area contributed by atoms with E-state index < -0.39 is 0 Å². The molecule has 1 aromatic heterocycles. The van der Waals surface area contributed by atoms with Crippen molar-refractivity contribution in [3.8, 4) is 11.3 Å². The van der Waals surface area contributed by atoms with Crippen LogP contribution in [-0.4, -0.2) is 27.5 Å². The first-order valence-electron chi connectivity index (χ1n) is 10.7. The summed E-state index contributed by atoms with van der Waals surface area (Å²) in [6.45, 7) is 4.80. The van der Waals surface area contributed by atoms with Crippen LogP contribution >= 0.6 is 0 Å². The van der Waals surface area contributed by atoms with Gasteiger partial charge >= 0.3 is 0 Å². The lowest BCUT2D eigenvalue weighted by Crippen LogP contribution is -2.31. The fourth-order valence-electron chi connectivity index (χ4n) is 4.35. The topological polar surface area (TPSA) is 49.0 Å². The van der Waals surface area contributed by atoms with Gasteiger partial charge in [-0.1, -0.05) is 90.0 Å². The Balaban J connectivity index is 1.57. The maximum absolute atomic E-state index is 13.4. The molecule has 3 aromatic carbocycles. The number of hydrogen-bond donors (Lipinski definition) is 1. The summed E-state index contributed by atoms with van der Waals surface area (Å²) in [5.41, 5.74) is 8.21. The molecule has 1 amide bonds. The lowest BCUT2D eigenvalue weighted by molar-refractivity contribution is 0.0746. The molecule has 0 radical (unpaired) electrons. The molecule has 2 heterocycles. The highest BCUT2D eigenvalue weighted by atomic mass is 16.2. The number of hydrogen-bond acceptors (Lipinski definition) is 2. The first kappa shape index (κ1) is 19.3. The van der Waals surface area contributed by atoms with E-state index in [1.165, 1.54) is 16.7 Å². The second kappa shape index (κ2) is 7.88. The monoisotopic (exact) mass is 407 g/mol. The van der Waals surface area contributed by atoms with Gasteiger partial charge in [-0.2, -0.15) is 5.10 Å². The molecular formula is C27H25N3O. The van der Waals surface area contributed by atoms with Crippen molar-refractivity contribution in [1.82, 2.24) is 15.1 Å². The van der Waals surface area contributed by atoms with Crippen molar-refractivity contribution >= 4 is 5.91 Å². The van der Waals surface area contributed by atoms with Gasteiger partial charge in [0, 0.05) is 17.7 Å². The molecular weight excluding hydrogens is 382 g/mol. The van der Waals surface area contributed by atoms with Crippen LogP contribution in [0.15, 0.2) is 78.9 Å². The van der Waals surface area contributed by atoms with Crippen LogP contribution in [0, 0.1) is 13.8 Å². The molecule has 0 bridgehead atoms. The van der Waals surface area contributed by atoms with E-state index in [4.69, 9.17) is 0 Å². The number of amides is 1. The van der Waals surface area contributed by atoms with Gasteiger partial charge in [0.15, 0.2) is 0 Å². The molecule has 0 saturated carbocycles. The maximum atomic E-state index is 13.4. The number of aryl methyl sites for hydroxylation is 2. The summed E-state index contributed by atoms with van der Waals surface area (Å²) in [5, 5.41) is 7.61. The highest BCUT2D eigenvalue weighted by Gasteiger charge is 2.41. The van der Waals surface area contributed by atoms with Gasteiger partial charge in [0.05, 0.1) is 11.7 Å². The number of rotatable bonds is 5. The van der Waals surface area contributed by atoms with E-state index in [0.717, 1.165) is 28.8 Å². The van der Waals surface area contributed by atoms with Gasteiger partial charge in [-0.05, 0) is 31.4 Å². The number of aromatic nitrogens is 2. The second-order valence-electron chi connectivity index (χ2n) is 8.27. The molecule has 0 aliphatic carbocycles. The molecule has 154 valence electrons. The number of carbonyl (C=O) groups is 1. The molecule has 0 spiro atoms. The number of nitrogens with zero attached hydrogens (tertiary/aromatic N) is 2. The van der Waals surface area contributed by atoms with E-state index in [2.05, 4.69) is 84.7 Å². The van der Waals surface area contributed by atoms with E-state index in [1.807, 2.05) is 23.1 Å². The third-order valence-corrected chi connectivity index (χ3v) is 6.07. The highest BCUT2D eigenvalue weighted by Crippen LogP contribution is 2.42. The summed E-state index contributed by atoms with van der Waals surface area (Å²) in [6.07, 6.45) is 0.812. The zero-order valence-electron chi connectivity index (χ0n) is 17.8. The molecule has 31 heavy (non-hydrogen) atoms. The Morgan fingerprint density at radius 2 is 1.52 bits per heavy atom. The number of benzene rings is 3. The summed E-state index contributed by atoms with van der Waals surface area (Å²) in [7, 11) is 0. The third-order valence-electron chi connectivity index (χ3n) is 6.07. The average molecular weight is 408 g/mol. The van der Waals surface area contributed by atoms with Crippen molar-refractivity contribution < 1.29 is 4.79 Å². The Bertz CT molecular complexity index is 1210. The predicted molar refractivity (Wildman–Crippen MR) is 123 cm³/mol. The average Bonchev–Trinajstić information content (AvgIpc) is 3.33. The second-order valence-corrected chi connectivity index (χ2v) is 8.27. The van der Waals surface area contributed by atoms with Gasteiger partial charge in [0.1, 0.15) is 5.69 Å². The van der Waals surface area contributed by atoms with Crippen LogP contribution in [0.5, 0.6) is 0 Å². The van der Waals surface area contributed by atoms with Crippen LogP contribution in [0.25, 0.3) is 11.3 Å². The molecule has 0 fully saturated rings. The smallest absolute Gasteiger partial charge is 0.273 e. The molecule has 4 aromatic rings. The highest BCUT2D eigenvalue weighted by molar-refractivity contribution is 6.00. The summed E-state index contributed by atoms with van der Waals surface area (Å²) in [6, 6.07) is 27.0. The molecule has 4 nitrogen and oxygen atoms in total. The third kappa shape index (κ3) is 3.55. The van der Waals surface area contributed by atoms with Crippen LogP contribution in [0.3, 0.4) is 0 Å². The van der Waals surface area contributed by atoms with E-state index in [1.54, 1.807) is 0 Å². The lowest BCUT2D eigenvalue weighted by Gasteiger charge is -2.26. The van der Waals surface area contributed by atoms with Crippen molar-refractivity contribution in [2.45, 2.75) is 26.3 Å². The molecule has 5 rings (SSSR count). The van der Waals surface area contributed by atoms with Gasteiger partial charge < -0.3 is 4.90 Å². The number of H-pyrrole nitrogens is 1. The summed E-state index contributed by atoms with van der Waals surface area (Å²) >= 11 is 0. The molecule has 1 aliphatic rings. The van der Waals surface area contributed by atoms with Crippen molar-refractivity contribution in [2.24, 2.45) is 0 Å².